The molecule has 0 radical (unpaired) electrons. The highest BCUT2D eigenvalue weighted by Gasteiger charge is 2.52. The van der Waals surface area contributed by atoms with E-state index >= 15 is 0 Å². The van der Waals surface area contributed by atoms with Gasteiger partial charge in [-0.25, -0.2) is 9.97 Å². The number of hydrogen-bond acceptors (Lipinski definition) is 9. The zero-order valence-electron chi connectivity index (χ0n) is 23.5. The van der Waals surface area contributed by atoms with Gasteiger partial charge in [-0.3, -0.25) is 9.59 Å². The van der Waals surface area contributed by atoms with Gasteiger partial charge >= 0.3 is 6.18 Å². The number of nitriles is 1. The molecule has 1 saturated heterocycles. The monoisotopic (exact) mass is 620 g/mol. The van der Waals surface area contributed by atoms with Crippen LogP contribution in [0, 0.1) is 23.2 Å². The molecule has 6 rings (SSSR count). The fourth-order valence-electron chi connectivity index (χ4n) is 5.65. The summed E-state index contributed by atoms with van der Waals surface area (Å²) in [6.45, 7) is 1.31. The van der Waals surface area contributed by atoms with Gasteiger partial charge in [0.15, 0.2) is 5.92 Å². The van der Waals surface area contributed by atoms with Gasteiger partial charge in [0, 0.05) is 38.9 Å². The van der Waals surface area contributed by atoms with Gasteiger partial charge in [0.1, 0.15) is 24.2 Å². The van der Waals surface area contributed by atoms with E-state index < -0.39 is 35.9 Å². The van der Waals surface area contributed by atoms with Crippen molar-refractivity contribution >= 4 is 17.6 Å². The summed E-state index contributed by atoms with van der Waals surface area (Å²) in [5.41, 5.74) is 1.21. The second kappa shape index (κ2) is 11.9. The summed E-state index contributed by atoms with van der Waals surface area (Å²) in [6, 6.07) is 12.9. The number of fused-ring (bicyclic) bond motifs is 1. The molecule has 15 heteroatoms. The Labute approximate surface area is 254 Å². The molecule has 1 fully saturated rings. The Morgan fingerprint density at radius 2 is 1.84 bits per heavy atom. The highest BCUT2D eigenvalue weighted by atomic mass is 19.4. The Balaban J connectivity index is 1.17. The molecule has 2 unspecified atom stereocenters. The van der Waals surface area contributed by atoms with Crippen molar-refractivity contribution in [3.63, 3.8) is 0 Å². The number of rotatable bonds is 6. The number of amides is 2. The summed E-state index contributed by atoms with van der Waals surface area (Å²) in [4.78, 5) is 38.3. The molecule has 3 aliphatic rings. The average molecular weight is 621 g/mol. The Hall–Kier alpha value is -5.39. The maximum atomic E-state index is 14.8. The van der Waals surface area contributed by atoms with E-state index in [2.05, 4.69) is 20.2 Å². The number of carbonyl (C=O) groups excluding carboxylic acids is 2. The molecule has 3 aromatic rings. The Bertz CT molecular complexity index is 1730. The maximum Gasteiger partial charge on any atom is 0.406 e. The molecule has 5 heterocycles. The van der Waals surface area contributed by atoms with Crippen LogP contribution in [0.3, 0.4) is 0 Å². The van der Waals surface area contributed by atoms with Gasteiger partial charge in [-0.1, -0.05) is 24.3 Å². The van der Waals surface area contributed by atoms with Crippen LogP contribution in [-0.2, 0) is 11.3 Å². The summed E-state index contributed by atoms with van der Waals surface area (Å²) in [5.74, 6) is -4.75. The zero-order chi connectivity index (χ0) is 31.7. The minimum atomic E-state index is -4.89. The molecular formula is C30H24F4N8O3. The summed E-state index contributed by atoms with van der Waals surface area (Å²) in [6.07, 6.45) is -1.38. The van der Waals surface area contributed by atoms with Crippen LogP contribution in [-0.4, -0.2) is 70.5 Å². The van der Waals surface area contributed by atoms with Crippen LogP contribution in [0.2, 0.25) is 0 Å². The van der Waals surface area contributed by atoms with Crippen LogP contribution in [0.5, 0.6) is 5.75 Å². The standard InChI is InChI=1S/C30H24F4N8O3/c31-27-22(29(44)41-9-7-40(8-10-41)25-6-5-18(12-35)13-36-25)11-20(14-37-27)45-17-24-21-4-2-1-3-19(21)16-42(24)23-15-38-39-28(43)26(23)30(32,33)34/h1-6,11,13-15,24,26H,7-10,16-17H2. The van der Waals surface area contributed by atoms with Gasteiger partial charge in [-0.2, -0.15) is 27.9 Å². The van der Waals surface area contributed by atoms with E-state index in [9.17, 15) is 27.2 Å². The van der Waals surface area contributed by atoms with Gasteiger partial charge in [-0.05, 0) is 29.3 Å². The quantitative estimate of drug-likeness (QED) is 0.293. The van der Waals surface area contributed by atoms with Gasteiger partial charge in [0.05, 0.1) is 35.3 Å². The minimum Gasteiger partial charge on any atom is -0.489 e. The number of carbonyl (C=O) groups is 2. The first-order valence-corrected chi connectivity index (χ1v) is 13.9. The molecule has 2 amide bonds. The lowest BCUT2D eigenvalue weighted by Gasteiger charge is -2.35. The molecule has 0 bridgehead atoms. The maximum absolute atomic E-state index is 14.8. The third kappa shape index (κ3) is 5.91. The summed E-state index contributed by atoms with van der Waals surface area (Å²) in [7, 11) is 0. The first kappa shape index (κ1) is 29.7. The molecule has 0 N–H and O–H groups in total. The lowest BCUT2D eigenvalue weighted by atomic mass is 10.0. The molecule has 0 spiro atoms. The molecule has 0 saturated carbocycles. The molecule has 2 atom stereocenters. The van der Waals surface area contributed by atoms with Crippen molar-refractivity contribution in [2.75, 3.05) is 37.7 Å². The van der Waals surface area contributed by atoms with Crippen LogP contribution in [0.25, 0.3) is 0 Å². The van der Waals surface area contributed by atoms with Gasteiger partial charge in [-0.15, -0.1) is 5.11 Å². The number of anilines is 1. The summed E-state index contributed by atoms with van der Waals surface area (Å²) < 4.78 is 62.5. The van der Waals surface area contributed by atoms with Gasteiger partial charge in [0.2, 0.25) is 5.95 Å². The number of benzene rings is 1. The van der Waals surface area contributed by atoms with Crippen LogP contribution in [0.15, 0.2) is 77.0 Å². The van der Waals surface area contributed by atoms with Crippen LogP contribution in [0.1, 0.15) is 33.1 Å². The van der Waals surface area contributed by atoms with Crippen molar-refractivity contribution in [3.05, 3.63) is 95.0 Å². The van der Waals surface area contributed by atoms with Gasteiger partial charge < -0.3 is 19.4 Å². The zero-order valence-corrected chi connectivity index (χ0v) is 23.5. The summed E-state index contributed by atoms with van der Waals surface area (Å²) in [5, 5.41) is 15.6. The Kier molecular flexibility index (Phi) is 7.88. The molecule has 230 valence electrons. The first-order chi connectivity index (χ1) is 21.6. The van der Waals surface area contributed by atoms with E-state index in [1.54, 1.807) is 36.4 Å². The fraction of sp³-hybridized carbons (Fsp3) is 0.300. The number of pyridine rings is 2. The second-order valence-electron chi connectivity index (χ2n) is 10.5. The topological polar surface area (TPSA) is 127 Å². The smallest absolute Gasteiger partial charge is 0.406 e. The Morgan fingerprint density at radius 1 is 1.07 bits per heavy atom. The number of aromatic nitrogens is 2. The van der Waals surface area contributed by atoms with Crippen molar-refractivity contribution < 1.29 is 31.9 Å². The van der Waals surface area contributed by atoms with Crippen LogP contribution >= 0.6 is 0 Å². The van der Waals surface area contributed by atoms with Crippen molar-refractivity contribution in [1.82, 2.24) is 19.8 Å². The SMILES string of the molecule is N#Cc1ccc(N2CCN(C(=O)c3cc(OCC4c5ccccc5CN4C4=CN=NC(=O)C4C(F)(F)F)cnc3F)CC2)nc1. The van der Waals surface area contributed by atoms with Crippen molar-refractivity contribution in [2.24, 2.45) is 16.1 Å². The number of nitrogens with zero attached hydrogens (tertiary/aromatic N) is 8. The third-order valence-electron chi connectivity index (χ3n) is 7.90. The largest absolute Gasteiger partial charge is 0.489 e. The molecule has 1 aromatic carbocycles. The third-order valence-corrected chi connectivity index (χ3v) is 7.90. The number of hydrogen-bond donors (Lipinski definition) is 0. The Morgan fingerprint density at radius 3 is 2.56 bits per heavy atom. The molecule has 11 nitrogen and oxygen atoms in total. The summed E-state index contributed by atoms with van der Waals surface area (Å²) >= 11 is 0. The number of alkyl halides is 3. The van der Waals surface area contributed by atoms with E-state index in [-0.39, 0.29) is 43.3 Å². The van der Waals surface area contributed by atoms with Crippen LogP contribution < -0.4 is 9.64 Å². The highest BCUT2D eigenvalue weighted by Crippen LogP contribution is 2.44. The van der Waals surface area contributed by atoms with Crippen LogP contribution in [0.4, 0.5) is 23.4 Å². The van der Waals surface area contributed by atoms with E-state index in [0.717, 1.165) is 18.0 Å². The number of ether oxygens (including phenoxy) is 1. The van der Waals surface area contributed by atoms with E-state index in [4.69, 9.17) is 10.00 Å². The predicted octanol–water partition coefficient (Wildman–Crippen LogP) is 4.40. The number of halogens is 4. The normalized spacial score (nSPS) is 19.7. The molecule has 45 heavy (non-hydrogen) atoms. The number of azo groups is 1. The lowest BCUT2D eigenvalue weighted by molar-refractivity contribution is -0.178. The minimum absolute atomic E-state index is 0.0465. The second-order valence-corrected chi connectivity index (χ2v) is 10.5. The van der Waals surface area contributed by atoms with Crippen molar-refractivity contribution in [2.45, 2.75) is 18.8 Å². The molecule has 0 aliphatic carbocycles. The van der Waals surface area contributed by atoms with E-state index in [0.29, 0.717) is 30.0 Å². The molecule has 2 aromatic heterocycles. The van der Waals surface area contributed by atoms with E-state index in [1.165, 1.54) is 22.1 Å². The molecular weight excluding hydrogens is 596 g/mol. The van der Waals surface area contributed by atoms with Gasteiger partial charge in [0.25, 0.3) is 11.8 Å². The highest BCUT2D eigenvalue weighted by molar-refractivity contribution is 5.94. The predicted molar refractivity (Wildman–Crippen MR) is 149 cm³/mol. The fourth-order valence-corrected chi connectivity index (χ4v) is 5.65. The average Bonchev–Trinajstić information content (AvgIpc) is 3.42. The van der Waals surface area contributed by atoms with Crippen molar-refractivity contribution in [3.8, 4) is 11.8 Å². The first-order valence-electron chi connectivity index (χ1n) is 13.9. The lowest BCUT2D eigenvalue weighted by Crippen LogP contribution is -2.49. The van der Waals surface area contributed by atoms with E-state index in [1.807, 2.05) is 11.0 Å². The number of piperazine rings is 1. The van der Waals surface area contributed by atoms with Crippen molar-refractivity contribution in [1.29, 1.82) is 5.26 Å². The molecule has 3 aliphatic heterocycles.